The van der Waals surface area contributed by atoms with Gasteiger partial charge in [-0.25, -0.2) is 4.79 Å². The number of carbonyl (C=O) groups excluding carboxylic acids is 2. The first-order chi connectivity index (χ1) is 14.7. The highest BCUT2D eigenvalue weighted by Gasteiger charge is 2.17. The van der Waals surface area contributed by atoms with Crippen LogP contribution in [0.2, 0.25) is 0 Å². The number of benzene rings is 2. The minimum atomic E-state index is -0.592. The van der Waals surface area contributed by atoms with Crippen LogP contribution in [0.4, 0.5) is 0 Å². The molecule has 0 saturated heterocycles. The van der Waals surface area contributed by atoms with Crippen molar-refractivity contribution in [1.82, 2.24) is 0 Å². The molecule has 2 rings (SSSR count). The molecule has 0 heterocycles. The van der Waals surface area contributed by atoms with E-state index in [0.717, 1.165) is 0 Å². The van der Waals surface area contributed by atoms with Gasteiger partial charge in [-0.05, 0) is 57.2 Å². The van der Waals surface area contributed by atoms with Gasteiger partial charge in [0, 0.05) is 5.56 Å². The van der Waals surface area contributed by atoms with Crippen LogP contribution in [0, 0.1) is 0 Å². The van der Waals surface area contributed by atoms with Gasteiger partial charge >= 0.3 is 5.97 Å². The first-order valence-electron chi connectivity index (χ1n) is 9.64. The number of esters is 1. The van der Waals surface area contributed by atoms with Crippen molar-refractivity contribution in [2.75, 3.05) is 27.9 Å². The quantitative estimate of drug-likeness (QED) is 0.334. The van der Waals surface area contributed by atoms with E-state index in [1.807, 2.05) is 0 Å². The Morgan fingerprint density at radius 2 is 1.61 bits per heavy atom. The third-order valence-electron chi connectivity index (χ3n) is 4.06. The molecule has 2 aromatic carbocycles. The summed E-state index contributed by atoms with van der Waals surface area (Å²) in [7, 11) is 4.58. The molecular formula is C24H28O7. The van der Waals surface area contributed by atoms with Crippen LogP contribution in [0.15, 0.2) is 42.5 Å². The van der Waals surface area contributed by atoms with E-state index in [1.54, 1.807) is 63.2 Å². The van der Waals surface area contributed by atoms with Crippen molar-refractivity contribution in [3.8, 4) is 23.0 Å². The van der Waals surface area contributed by atoms with E-state index in [9.17, 15) is 9.59 Å². The second-order valence-corrected chi connectivity index (χ2v) is 7.52. The standard InChI is InChI=1S/C24H28O7/c1-24(2,3)31-22(26)15-30-17-9-7-8-16(14-17)19(25)11-10-18-20(27-4)12-13-21(28-5)23(18)29-6/h7-14H,15H2,1-6H3. The molecule has 0 atom stereocenters. The molecule has 0 aliphatic carbocycles. The van der Waals surface area contributed by atoms with Crippen LogP contribution in [0.3, 0.4) is 0 Å². The Morgan fingerprint density at radius 3 is 2.23 bits per heavy atom. The summed E-state index contributed by atoms with van der Waals surface area (Å²) in [4.78, 5) is 24.5. The number of allylic oxidation sites excluding steroid dienone is 1. The summed E-state index contributed by atoms with van der Waals surface area (Å²) in [5, 5.41) is 0. The number of methoxy groups -OCH3 is 3. The van der Waals surface area contributed by atoms with Gasteiger partial charge in [-0.15, -0.1) is 0 Å². The number of hydrogen-bond acceptors (Lipinski definition) is 7. The van der Waals surface area contributed by atoms with Crippen molar-refractivity contribution in [3.05, 3.63) is 53.6 Å². The lowest BCUT2D eigenvalue weighted by Gasteiger charge is -2.19. The van der Waals surface area contributed by atoms with Crippen molar-refractivity contribution < 1.29 is 33.3 Å². The van der Waals surface area contributed by atoms with Crippen LogP contribution in [0.5, 0.6) is 23.0 Å². The molecular weight excluding hydrogens is 400 g/mol. The molecule has 0 bridgehead atoms. The second-order valence-electron chi connectivity index (χ2n) is 7.52. The van der Waals surface area contributed by atoms with E-state index in [-0.39, 0.29) is 12.4 Å². The van der Waals surface area contributed by atoms with E-state index >= 15 is 0 Å². The molecule has 31 heavy (non-hydrogen) atoms. The first kappa shape index (κ1) is 23.8. The molecule has 0 fully saturated rings. The Kier molecular flexibility index (Phi) is 8.07. The third kappa shape index (κ3) is 6.77. The van der Waals surface area contributed by atoms with Crippen LogP contribution >= 0.6 is 0 Å². The molecule has 0 radical (unpaired) electrons. The number of ketones is 1. The van der Waals surface area contributed by atoms with E-state index in [0.29, 0.717) is 34.1 Å². The highest BCUT2D eigenvalue weighted by atomic mass is 16.6. The molecule has 0 amide bonds. The lowest BCUT2D eigenvalue weighted by molar-refractivity contribution is -0.157. The molecule has 0 N–H and O–H groups in total. The van der Waals surface area contributed by atoms with E-state index in [4.69, 9.17) is 23.7 Å². The van der Waals surface area contributed by atoms with Crippen molar-refractivity contribution >= 4 is 17.8 Å². The molecule has 0 aromatic heterocycles. The van der Waals surface area contributed by atoms with E-state index < -0.39 is 11.6 Å². The lowest BCUT2D eigenvalue weighted by atomic mass is 10.1. The number of rotatable bonds is 9. The fourth-order valence-electron chi connectivity index (χ4n) is 2.78. The third-order valence-corrected chi connectivity index (χ3v) is 4.06. The fourth-order valence-corrected chi connectivity index (χ4v) is 2.78. The monoisotopic (exact) mass is 428 g/mol. The van der Waals surface area contributed by atoms with Gasteiger partial charge < -0.3 is 23.7 Å². The molecule has 0 aliphatic heterocycles. The number of hydrogen-bond donors (Lipinski definition) is 0. The maximum Gasteiger partial charge on any atom is 0.344 e. The Hall–Kier alpha value is -3.48. The molecule has 0 spiro atoms. The zero-order chi connectivity index (χ0) is 23.0. The highest BCUT2D eigenvalue weighted by Crippen LogP contribution is 2.38. The molecule has 7 nitrogen and oxygen atoms in total. The SMILES string of the molecule is COc1ccc(OC)c(OC)c1C=CC(=O)c1cccc(OCC(=O)OC(C)(C)C)c1. The predicted octanol–water partition coefficient (Wildman–Crippen LogP) is 4.33. The van der Waals surface area contributed by atoms with Crippen LogP contribution in [-0.4, -0.2) is 45.3 Å². The summed E-state index contributed by atoms with van der Waals surface area (Å²) < 4.78 is 26.8. The Bertz CT molecular complexity index is 955. The van der Waals surface area contributed by atoms with Crippen molar-refractivity contribution in [1.29, 1.82) is 0 Å². The summed E-state index contributed by atoms with van der Waals surface area (Å²) in [6.45, 7) is 5.09. The van der Waals surface area contributed by atoms with E-state index in [2.05, 4.69) is 0 Å². The van der Waals surface area contributed by atoms with Gasteiger partial charge in [0.25, 0.3) is 0 Å². The Labute approximate surface area is 182 Å². The summed E-state index contributed by atoms with van der Waals surface area (Å²) in [5.74, 6) is 1.17. The van der Waals surface area contributed by atoms with Gasteiger partial charge in [-0.3, -0.25) is 4.79 Å². The summed E-state index contributed by atoms with van der Waals surface area (Å²) in [5.41, 5.74) is 0.388. The van der Waals surface area contributed by atoms with Crippen molar-refractivity contribution in [2.45, 2.75) is 26.4 Å². The normalized spacial score (nSPS) is 11.2. The predicted molar refractivity (Wildman–Crippen MR) is 117 cm³/mol. The lowest BCUT2D eigenvalue weighted by Crippen LogP contribution is -2.27. The smallest absolute Gasteiger partial charge is 0.344 e. The molecule has 166 valence electrons. The number of ether oxygens (including phenoxy) is 5. The summed E-state index contributed by atoms with van der Waals surface area (Å²) >= 11 is 0. The fraction of sp³-hybridized carbons (Fsp3) is 0.333. The molecule has 0 aliphatic rings. The molecule has 0 unspecified atom stereocenters. The molecule has 0 saturated carbocycles. The summed E-state index contributed by atoms with van der Waals surface area (Å²) in [6.07, 6.45) is 3.02. The molecule has 2 aromatic rings. The molecule has 7 heteroatoms. The van der Waals surface area contributed by atoms with Gasteiger partial charge in [0.2, 0.25) is 0 Å². The first-order valence-corrected chi connectivity index (χ1v) is 9.64. The zero-order valence-corrected chi connectivity index (χ0v) is 18.7. The van der Waals surface area contributed by atoms with Gasteiger partial charge in [0.05, 0.1) is 26.9 Å². The van der Waals surface area contributed by atoms with Crippen molar-refractivity contribution in [3.63, 3.8) is 0 Å². The largest absolute Gasteiger partial charge is 0.496 e. The zero-order valence-electron chi connectivity index (χ0n) is 18.7. The van der Waals surface area contributed by atoms with Crippen LogP contribution in [-0.2, 0) is 9.53 Å². The maximum absolute atomic E-state index is 12.7. The van der Waals surface area contributed by atoms with Crippen LogP contribution < -0.4 is 18.9 Å². The van der Waals surface area contributed by atoms with Crippen molar-refractivity contribution in [2.24, 2.45) is 0 Å². The number of carbonyl (C=O) groups is 2. The highest BCUT2D eigenvalue weighted by molar-refractivity contribution is 6.07. The van der Waals surface area contributed by atoms with Crippen LogP contribution in [0.1, 0.15) is 36.7 Å². The van der Waals surface area contributed by atoms with Gasteiger partial charge in [0.1, 0.15) is 17.1 Å². The van der Waals surface area contributed by atoms with Gasteiger partial charge in [-0.1, -0.05) is 12.1 Å². The van der Waals surface area contributed by atoms with E-state index in [1.165, 1.54) is 27.4 Å². The summed E-state index contributed by atoms with van der Waals surface area (Å²) in [6, 6.07) is 10.0. The average Bonchev–Trinajstić information content (AvgIpc) is 2.74. The van der Waals surface area contributed by atoms with Gasteiger partial charge in [0.15, 0.2) is 23.9 Å². The maximum atomic E-state index is 12.7. The van der Waals surface area contributed by atoms with Crippen LogP contribution in [0.25, 0.3) is 6.08 Å². The van der Waals surface area contributed by atoms with Gasteiger partial charge in [-0.2, -0.15) is 0 Å². The Morgan fingerprint density at radius 1 is 0.935 bits per heavy atom. The Balaban J connectivity index is 2.17. The average molecular weight is 428 g/mol. The second kappa shape index (κ2) is 10.5. The minimum absolute atomic E-state index is 0.247. The topological polar surface area (TPSA) is 80.3 Å². The minimum Gasteiger partial charge on any atom is -0.496 e.